The highest BCUT2D eigenvalue weighted by Gasteiger charge is 2.37. The summed E-state index contributed by atoms with van der Waals surface area (Å²) in [6.07, 6.45) is 2.20. The summed E-state index contributed by atoms with van der Waals surface area (Å²) in [6, 6.07) is 0. The third kappa shape index (κ3) is 2.82. The lowest BCUT2D eigenvalue weighted by Gasteiger charge is -2.15. The molecule has 1 aliphatic rings. The fraction of sp³-hybridized carbons (Fsp3) is 0.667. The first-order chi connectivity index (χ1) is 5.91. The van der Waals surface area contributed by atoms with Crippen molar-refractivity contribution < 1.29 is 19.4 Å². The number of hydrogen-bond acceptors (Lipinski definition) is 3. The summed E-state index contributed by atoms with van der Waals surface area (Å²) in [5.74, 6) is -1.59. The van der Waals surface area contributed by atoms with Crippen molar-refractivity contribution in [1.29, 1.82) is 0 Å². The van der Waals surface area contributed by atoms with E-state index in [-0.39, 0.29) is 12.2 Å². The molecule has 1 rings (SSSR count). The average Bonchev–Trinajstić information content (AvgIpc) is 2.20. The predicted octanol–water partition coefficient (Wildman–Crippen LogP) is 1.17. The molecule has 4 nitrogen and oxygen atoms in total. The molecule has 1 saturated heterocycles. The summed E-state index contributed by atoms with van der Waals surface area (Å²) in [5.41, 5.74) is 0. The molecule has 1 N–H and O–H groups in total. The van der Waals surface area contributed by atoms with Crippen LogP contribution in [0.3, 0.4) is 0 Å². The monoisotopic (exact) mass is 186 g/mol. The van der Waals surface area contributed by atoms with Crippen molar-refractivity contribution >= 4 is 5.97 Å². The summed E-state index contributed by atoms with van der Waals surface area (Å²) >= 11 is 0. The summed E-state index contributed by atoms with van der Waals surface area (Å²) in [6.45, 7) is 5.46. The Hall–Kier alpha value is -0.870. The van der Waals surface area contributed by atoms with Crippen LogP contribution in [0.5, 0.6) is 0 Å². The Kier molecular flexibility index (Phi) is 2.73. The number of hydrogen-bond donors (Lipinski definition) is 1. The van der Waals surface area contributed by atoms with Gasteiger partial charge in [-0.15, -0.1) is 0 Å². The van der Waals surface area contributed by atoms with Crippen LogP contribution in [0.2, 0.25) is 0 Å². The van der Waals surface area contributed by atoms with Gasteiger partial charge in [-0.2, -0.15) is 0 Å². The SMILES string of the molecule is C[C@@H]1OC(C)(C)O[C@H]1/C=C/C(=O)O. The van der Waals surface area contributed by atoms with E-state index in [2.05, 4.69) is 0 Å². The first kappa shape index (κ1) is 10.2. The molecule has 13 heavy (non-hydrogen) atoms. The second kappa shape index (κ2) is 3.47. The third-order valence-corrected chi connectivity index (χ3v) is 1.78. The van der Waals surface area contributed by atoms with Gasteiger partial charge >= 0.3 is 5.97 Å². The van der Waals surface area contributed by atoms with Crippen molar-refractivity contribution in [3.8, 4) is 0 Å². The average molecular weight is 186 g/mol. The Labute approximate surface area is 77.1 Å². The van der Waals surface area contributed by atoms with Gasteiger partial charge in [0.1, 0.15) is 6.10 Å². The molecule has 2 atom stereocenters. The van der Waals surface area contributed by atoms with Crippen LogP contribution in [0, 0.1) is 0 Å². The Bertz CT molecular complexity index is 232. The van der Waals surface area contributed by atoms with Crippen LogP contribution >= 0.6 is 0 Å². The molecule has 1 heterocycles. The van der Waals surface area contributed by atoms with E-state index in [9.17, 15) is 4.79 Å². The fourth-order valence-corrected chi connectivity index (χ4v) is 1.34. The second-order valence-corrected chi connectivity index (χ2v) is 3.50. The van der Waals surface area contributed by atoms with Crippen LogP contribution in [0.15, 0.2) is 12.2 Å². The van der Waals surface area contributed by atoms with Crippen molar-refractivity contribution in [2.75, 3.05) is 0 Å². The van der Waals surface area contributed by atoms with Gasteiger partial charge in [0, 0.05) is 6.08 Å². The molecule has 0 aliphatic carbocycles. The van der Waals surface area contributed by atoms with E-state index in [0.29, 0.717) is 0 Å². The normalized spacial score (nSPS) is 32.5. The molecule has 1 aliphatic heterocycles. The molecule has 0 aromatic heterocycles. The molecule has 0 amide bonds. The number of carboxylic acid groups (broad SMARTS) is 1. The van der Waals surface area contributed by atoms with Gasteiger partial charge in [0.15, 0.2) is 5.79 Å². The number of ether oxygens (including phenoxy) is 2. The number of rotatable bonds is 2. The van der Waals surface area contributed by atoms with Crippen molar-refractivity contribution in [3.05, 3.63) is 12.2 Å². The van der Waals surface area contributed by atoms with Crippen molar-refractivity contribution in [1.82, 2.24) is 0 Å². The van der Waals surface area contributed by atoms with E-state index in [1.54, 1.807) is 13.8 Å². The fourth-order valence-electron chi connectivity index (χ4n) is 1.34. The molecule has 1 fully saturated rings. The topological polar surface area (TPSA) is 55.8 Å². The Morgan fingerprint density at radius 1 is 1.46 bits per heavy atom. The van der Waals surface area contributed by atoms with E-state index in [0.717, 1.165) is 6.08 Å². The van der Waals surface area contributed by atoms with Crippen LogP contribution in [-0.2, 0) is 14.3 Å². The van der Waals surface area contributed by atoms with Gasteiger partial charge in [-0.1, -0.05) is 0 Å². The van der Waals surface area contributed by atoms with Crippen LogP contribution < -0.4 is 0 Å². The maximum atomic E-state index is 10.2. The van der Waals surface area contributed by atoms with E-state index in [4.69, 9.17) is 14.6 Å². The molecule has 0 spiro atoms. The summed E-state index contributed by atoms with van der Waals surface area (Å²) < 4.78 is 10.9. The van der Waals surface area contributed by atoms with Crippen LogP contribution in [-0.4, -0.2) is 29.1 Å². The quantitative estimate of drug-likeness (QED) is 0.657. The highest BCUT2D eigenvalue weighted by molar-refractivity contribution is 5.79. The standard InChI is InChI=1S/C9H14O4/c1-6-7(4-5-8(10)11)13-9(2,3)12-6/h4-7H,1-3H3,(H,10,11)/b5-4+/t6-,7-/m0/s1. The molecular weight excluding hydrogens is 172 g/mol. The van der Waals surface area contributed by atoms with Gasteiger partial charge in [-0.3, -0.25) is 0 Å². The molecule has 0 aromatic rings. The van der Waals surface area contributed by atoms with Gasteiger partial charge < -0.3 is 14.6 Å². The minimum Gasteiger partial charge on any atom is -0.478 e. The van der Waals surface area contributed by atoms with Gasteiger partial charge in [0.2, 0.25) is 0 Å². The lowest BCUT2D eigenvalue weighted by molar-refractivity contribution is -0.141. The van der Waals surface area contributed by atoms with Crippen molar-refractivity contribution in [2.45, 2.75) is 38.8 Å². The van der Waals surface area contributed by atoms with Crippen LogP contribution in [0.4, 0.5) is 0 Å². The highest BCUT2D eigenvalue weighted by atomic mass is 16.7. The van der Waals surface area contributed by atoms with Crippen molar-refractivity contribution in [3.63, 3.8) is 0 Å². The van der Waals surface area contributed by atoms with Gasteiger partial charge in [-0.05, 0) is 26.8 Å². The lowest BCUT2D eigenvalue weighted by atomic mass is 10.2. The zero-order valence-corrected chi connectivity index (χ0v) is 7.98. The minimum atomic E-state index is -0.972. The summed E-state index contributed by atoms with van der Waals surface area (Å²) in [5, 5.41) is 8.41. The Morgan fingerprint density at radius 3 is 2.46 bits per heavy atom. The Morgan fingerprint density at radius 2 is 2.08 bits per heavy atom. The minimum absolute atomic E-state index is 0.106. The highest BCUT2D eigenvalue weighted by Crippen LogP contribution is 2.28. The molecule has 0 aromatic carbocycles. The molecular formula is C9H14O4. The molecule has 0 saturated carbocycles. The number of carbonyl (C=O) groups is 1. The van der Waals surface area contributed by atoms with E-state index in [1.165, 1.54) is 6.08 Å². The number of aliphatic carboxylic acids is 1. The molecule has 0 unspecified atom stereocenters. The maximum absolute atomic E-state index is 10.2. The summed E-state index contributed by atoms with van der Waals surface area (Å²) in [4.78, 5) is 10.2. The molecule has 4 heteroatoms. The smallest absolute Gasteiger partial charge is 0.328 e. The maximum Gasteiger partial charge on any atom is 0.328 e. The van der Waals surface area contributed by atoms with Gasteiger partial charge in [-0.25, -0.2) is 4.79 Å². The first-order valence-corrected chi connectivity index (χ1v) is 4.17. The van der Waals surface area contributed by atoms with Gasteiger partial charge in [0.05, 0.1) is 6.10 Å². The van der Waals surface area contributed by atoms with Gasteiger partial charge in [0.25, 0.3) is 0 Å². The molecule has 0 bridgehead atoms. The van der Waals surface area contributed by atoms with Crippen LogP contribution in [0.25, 0.3) is 0 Å². The second-order valence-electron chi connectivity index (χ2n) is 3.50. The van der Waals surface area contributed by atoms with E-state index in [1.807, 2.05) is 6.92 Å². The largest absolute Gasteiger partial charge is 0.478 e. The number of carboxylic acids is 1. The Balaban J connectivity index is 2.58. The van der Waals surface area contributed by atoms with E-state index >= 15 is 0 Å². The van der Waals surface area contributed by atoms with Crippen LogP contribution in [0.1, 0.15) is 20.8 Å². The van der Waals surface area contributed by atoms with E-state index < -0.39 is 11.8 Å². The predicted molar refractivity (Wildman–Crippen MR) is 46.3 cm³/mol. The van der Waals surface area contributed by atoms with Crippen molar-refractivity contribution in [2.24, 2.45) is 0 Å². The third-order valence-electron chi connectivity index (χ3n) is 1.78. The first-order valence-electron chi connectivity index (χ1n) is 4.17. The zero-order valence-electron chi connectivity index (χ0n) is 7.98. The lowest BCUT2D eigenvalue weighted by Crippen LogP contribution is -2.20. The molecule has 0 radical (unpaired) electrons. The zero-order chi connectivity index (χ0) is 10.1. The molecule has 74 valence electrons. The summed E-state index contributed by atoms with van der Waals surface area (Å²) in [7, 11) is 0.